The third-order valence-corrected chi connectivity index (χ3v) is 25.0. The van der Waals surface area contributed by atoms with Crippen LogP contribution < -0.4 is 39.1 Å². The van der Waals surface area contributed by atoms with E-state index in [0.29, 0.717) is 0 Å². The van der Waals surface area contributed by atoms with Crippen LogP contribution in [0.25, 0.3) is 0 Å². The van der Waals surface area contributed by atoms with Gasteiger partial charge in [-0.2, -0.15) is 0 Å². The summed E-state index contributed by atoms with van der Waals surface area (Å²) in [5, 5.41) is 0. The van der Waals surface area contributed by atoms with Crippen LogP contribution in [0.1, 0.15) is 254 Å². The van der Waals surface area contributed by atoms with Crippen LogP contribution >= 0.6 is 22.8 Å². The number of benzene rings is 4. The fourth-order valence-corrected chi connectivity index (χ4v) is 20.5. The number of hydrogen-bond donors (Lipinski definition) is 0. The normalized spacial score (nSPS) is 11.3. The van der Waals surface area contributed by atoms with E-state index in [9.17, 15) is 39.1 Å². The molecule has 0 aliphatic heterocycles. The van der Waals surface area contributed by atoms with Gasteiger partial charge in [-0.1, -0.05) is 207 Å². The van der Waals surface area contributed by atoms with Gasteiger partial charge in [-0.05, 0) is 125 Å². The quantitative estimate of drug-likeness (QED) is 0.0138. The summed E-state index contributed by atoms with van der Waals surface area (Å²) < 4.78 is 0. The summed E-state index contributed by atoms with van der Waals surface area (Å²) >= 11 is 18.3. The first kappa shape index (κ1) is 93.8. The van der Waals surface area contributed by atoms with E-state index < -0.39 is 22.8 Å². The fraction of sp³-hybridized carbons (Fsp3) is 0.625. The van der Waals surface area contributed by atoms with E-state index in [0.717, 1.165) is 166 Å². The maximum Gasteiger partial charge on any atom is 4.00 e. The van der Waals surface area contributed by atoms with Crippen molar-refractivity contribution in [2.75, 3.05) is 0 Å². The Morgan fingerprint density at radius 3 is 0.540 bits per heavy atom. The van der Waals surface area contributed by atoms with Crippen molar-refractivity contribution in [3.8, 4) is 0 Å². The molecule has 0 aliphatic carbocycles. The van der Waals surface area contributed by atoms with Crippen molar-refractivity contribution in [3.05, 3.63) is 117 Å². The molecule has 4 rings (SSSR count). The molecule has 4 aromatic carbocycles. The van der Waals surface area contributed by atoms with E-state index in [2.05, 4.69) is 129 Å². The molecule has 0 heterocycles. The molecule has 0 saturated carbocycles. The van der Waals surface area contributed by atoms with Crippen LogP contribution in [-0.4, -0.2) is 0 Å². The van der Waals surface area contributed by atoms with E-state index in [4.69, 9.17) is 0 Å². The molecular weight excluding hydrogens is 1560 g/mol. The zero-order valence-corrected chi connectivity index (χ0v) is 69.2. The van der Waals surface area contributed by atoms with Gasteiger partial charge in [0.25, 0.3) is 0 Å². The number of rotatable bonds is 36. The van der Waals surface area contributed by atoms with Crippen molar-refractivity contribution in [2.45, 2.75) is 280 Å². The summed E-state index contributed by atoms with van der Waals surface area (Å²) in [5.41, 5.74) is -5.02. The number of unbranched alkanes of at least 4 members (excludes halogenated alkanes) is 16. The summed E-state index contributed by atoms with van der Waals surface area (Å²) in [4.78, 5) is 95.0. The SMILES string of the molecule is CCCCCc1cccc([S+]=P([O-])([O-])[S-])c1CCCCC.CCCCCc1cccc([S+]=P([O-])([O-])[S-])c1CCCCC.CCCCCc1cccc([S+]=P([O-])([O-])[S-])c1CCCCC.CCCCCc1cccc([S+]=P([O-])([O-])[S-])c1CCCCC.[Mo+4].[Mo+4].[Mo+4]. The van der Waals surface area contributed by atoms with Gasteiger partial charge in [0.15, 0.2) is 0 Å². The summed E-state index contributed by atoms with van der Waals surface area (Å²) in [6, 6.07) is 24.0. The number of hydrogen-bond acceptors (Lipinski definition) is 12. The molecule has 0 saturated heterocycles. The number of aryl methyl sites for hydroxylation is 4. The zero-order valence-electron chi connectivity index (χ0n) is 53.1. The summed E-state index contributed by atoms with van der Waals surface area (Å²) in [6.07, 6.45) is 36.0. The molecule has 0 unspecified atom stereocenters. The first-order valence-corrected chi connectivity index (χ1v) is 47.4. The Hall–Kier alpha value is 2.62. The molecule has 0 atom stereocenters. The van der Waals surface area contributed by atoms with E-state index >= 15 is 0 Å². The molecule has 0 N–H and O–H groups in total. The van der Waals surface area contributed by atoms with E-state index in [1.54, 1.807) is 0 Å². The Morgan fingerprint density at radius 1 is 0.253 bits per heavy atom. The van der Waals surface area contributed by atoms with Crippen LogP contribution in [0.4, 0.5) is 0 Å². The maximum atomic E-state index is 11.5. The van der Waals surface area contributed by atoms with E-state index in [-0.39, 0.29) is 63.2 Å². The van der Waals surface area contributed by atoms with Gasteiger partial charge in [0.05, 0.1) is 0 Å². The first-order valence-electron chi connectivity index (χ1n) is 31.2. The standard InChI is InChI=1S/4C16H25O2PS2.3Mo/c4*1-3-5-7-10-14-11-9-13-16(21-19(17,18)20)15(14)12-8-6-4-2;;;/h4*9,11,13H,3-8,10,12H2,1-2H3;;;/q4*-2;3*+4. The van der Waals surface area contributed by atoms with Crippen LogP contribution in [0.3, 0.4) is 0 Å². The van der Waals surface area contributed by atoms with Crippen LogP contribution in [0.5, 0.6) is 0 Å². The fourth-order valence-electron chi connectivity index (χ4n) is 9.81. The Balaban J connectivity index is -0.00000107. The van der Waals surface area contributed by atoms with Crippen molar-refractivity contribution < 1.29 is 102 Å². The van der Waals surface area contributed by atoms with Gasteiger partial charge in [-0.3, -0.25) is 0 Å². The summed E-state index contributed by atoms with van der Waals surface area (Å²) in [5.74, 6) is 0. The molecule has 23 heteroatoms. The Bertz CT molecular complexity index is 2280. The molecule has 4 aromatic rings. The van der Waals surface area contributed by atoms with Crippen LogP contribution in [0, 0.1) is 0 Å². The molecule has 8 nitrogen and oxygen atoms in total. The van der Waals surface area contributed by atoms with Crippen molar-refractivity contribution in [1.82, 2.24) is 0 Å². The predicted octanol–water partition coefficient (Wildman–Crippen LogP) is 14.1. The molecule has 0 aromatic heterocycles. The smallest absolute Gasteiger partial charge is 0.815 e. The van der Waals surface area contributed by atoms with Crippen molar-refractivity contribution in [2.24, 2.45) is 0 Å². The van der Waals surface area contributed by atoms with Crippen molar-refractivity contribution in [3.63, 3.8) is 0 Å². The van der Waals surface area contributed by atoms with Gasteiger partial charge < -0.3 is 88.1 Å². The minimum absolute atomic E-state index is 0. The second kappa shape index (κ2) is 55.6. The predicted molar refractivity (Wildman–Crippen MR) is 371 cm³/mol. The minimum atomic E-state index is -3.76. The van der Waals surface area contributed by atoms with Gasteiger partial charge >= 0.3 is 63.2 Å². The van der Waals surface area contributed by atoms with Gasteiger partial charge in [-0.15, -0.1) is 22.8 Å². The monoisotopic (exact) mass is 1670 g/mol. The van der Waals surface area contributed by atoms with Crippen LogP contribution in [0.2, 0.25) is 0 Å². The van der Waals surface area contributed by atoms with Gasteiger partial charge in [0.1, 0.15) is 43.8 Å². The molecule has 0 aliphatic rings. The maximum absolute atomic E-state index is 11.5. The summed E-state index contributed by atoms with van der Waals surface area (Å²) in [7, 11) is 3.41. The Morgan fingerprint density at radius 2 is 0.402 bits per heavy atom. The Labute approximate surface area is 608 Å². The molecule has 486 valence electrons. The van der Waals surface area contributed by atoms with Crippen LogP contribution in [0.15, 0.2) is 92.4 Å². The van der Waals surface area contributed by atoms with Gasteiger partial charge in [0, 0.05) is 46.5 Å². The topological polar surface area (TPSA) is 184 Å². The third-order valence-electron chi connectivity index (χ3n) is 14.1. The largest absolute Gasteiger partial charge is 4.00 e. The Kier molecular flexibility index (Phi) is 60.0. The molecule has 0 fully saturated rings. The summed E-state index contributed by atoms with van der Waals surface area (Å²) in [6.45, 7) is 17.5. The average molecular weight is 1670 g/mol. The van der Waals surface area contributed by atoms with Gasteiger partial charge in [-0.25, -0.2) is 0 Å². The molecule has 0 bridgehead atoms. The zero-order chi connectivity index (χ0) is 62.9. The van der Waals surface area contributed by atoms with Crippen molar-refractivity contribution in [1.29, 1.82) is 0 Å². The second-order valence-electron chi connectivity index (χ2n) is 21.4. The molecule has 87 heavy (non-hydrogen) atoms. The van der Waals surface area contributed by atoms with E-state index in [1.807, 2.05) is 48.5 Å². The molecule has 0 amide bonds. The van der Waals surface area contributed by atoms with E-state index in [1.165, 1.54) is 147 Å². The van der Waals surface area contributed by atoms with Crippen molar-refractivity contribution >= 4 is 116 Å². The first-order chi connectivity index (χ1) is 39.9. The minimum Gasteiger partial charge on any atom is -0.815 e. The molecular formula is C64H100Mo3O8P4S8+4. The average Bonchev–Trinajstić information content (AvgIpc) is 3.49. The van der Waals surface area contributed by atoms with Crippen LogP contribution in [-0.2, 0) is 207 Å². The third kappa shape index (κ3) is 47.3. The second-order valence-corrected chi connectivity index (χ2v) is 44.0. The van der Waals surface area contributed by atoms with Gasteiger partial charge in [0.2, 0.25) is 19.6 Å². The molecule has 0 spiro atoms. The molecule has 0 radical (unpaired) electrons.